The Labute approximate surface area is 207 Å². The zero-order valence-electron chi connectivity index (χ0n) is 19.8. The number of benzene rings is 2. The molecule has 9 heteroatoms. The van der Waals surface area contributed by atoms with E-state index >= 15 is 0 Å². The number of aryl methyl sites for hydroxylation is 1. The first-order valence-electron chi connectivity index (χ1n) is 11.4. The molecule has 0 spiro atoms. The van der Waals surface area contributed by atoms with Gasteiger partial charge in [-0.05, 0) is 54.4 Å². The van der Waals surface area contributed by atoms with E-state index in [9.17, 15) is 19.7 Å². The smallest absolute Gasteiger partial charge is 0.339 e. The zero-order valence-corrected chi connectivity index (χ0v) is 20.5. The summed E-state index contributed by atoms with van der Waals surface area (Å²) in [5, 5.41) is 14.2. The number of pyridine rings is 1. The van der Waals surface area contributed by atoms with Gasteiger partial charge in [-0.25, -0.2) is 4.79 Å². The van der Waals surface area contributed by atoms with Crippen molar-refractivity contribution in [2.75, 3.05) is 11.9 Å². The Hall–Kier alpha value is -3.52. The maximum absolute atomic E-state index is 13.3. The molecule has 8 nitrogen and oxygen atoms in total. The fraction of sp³-hybridized carbons (Fsp3) is 0.346. The van der Waals surface area contributed by atoms with Crippen LogP contribution in [0.15, 0.2) is 42.5 Å². The Kier molecular flexibility index (Phi) is 6.76. The summed E-state index contributed by atoms with van der Waals surface area (Å²) in [5.41, 5.74) is 2.88. The zero-order chi connectivity index (χ0) is 25.3. The van der Waals surface area contributed by atoms with Gasteiger partial charge in [-0.3, -0.25) is 19.9 Å². The highest BCUT2D eigenvalue weighted by Gasteiger charge is 2.33. The van der Waals surface area contributed by atoms with E-state index in [1.54, 1.807) is 0 Å². The minimum atomic E-state index is -0.638. The van der Waals surface area contributed by atoms with Gasteiger partial charge in [0.1, 0.15) is 5.02 Å². The number of hydrogen-bond acceptors (Lipinski definition) is 6. The van der Waals surface area contributed by atoms with Crippen LogP contribution in [0.5, 0.6) is 0 Å². The van der Waals surface area contributed by atoms with Gasteiger partial charge in [0, 0.05) is 22.8 Å². The van der Waals surface area contributed by atoms with Crippen molar-refractivity contribution in [3.05, 3.63) is 74.4 Å². The Morgan fingerprint density at radius 3 is 2.69 bits per heavy atom. The molecule has 1 amide bonds. The molecular formula is C26H26ClN3O5. The van der Waals surface area contributed by atoms with Gasteiger partial charge in [-0.15, -0.1) is 0 Å². The molecule has 2 aromatic carbocycles. The van der Waals surface area contributed by atoms with E-state index in [-0.39, 0.29) is 21.8 Å². The molecule has 1 aliphatic rings. The summed E-state index contributed by atoms with van der Waals surface area (Å²) in [7, 11) is 0. The molecule has 1 N–H and O–H groups in total. The van der Waals surface area contributed by atoms with Crippen molar-refractivity contribution < 1.29 is 19.2 Å². The van der Waals surface area contributed by atoms with Crippen LogP contribution in [0.1, 0.15) is 48.8 Å². The van der Waals surface area contributed by atoms with Gasteiger partial charge in [0.15, 0.2) is 6.61 Å². The lowest BCUT2D eigenvalue weighted by Crippen LogP contribution is -2.29. The van der Waals surface area contributed by atoms with Crippen molar-refractivity contribution in [3.8, 4) is 0 Å². The lowest BCUT2D eigenvalue weighted by atomic mass is 9.70. The van der Waals surface area contributed by atoms with E-state index in [0.717, 1.165) is 30.2 Å². The second kappa shape index (κ2) is 9.62. The molecule has 3 aromatic rings. The number of halogens is 1. The first-order chi connectivity index (χ1) is 16.5. The van der Waals surface area contributed by atoms with E-state index in [1.165, 1.54) is 12.1 Å². The number of anilines is 1. The number of aromatic nitrogens is 1. The number of ether oxygens (including phenoxy) is 1. The minimum Gasteiger partial charge on any atom is -0.452 e. The third-order valence-corrected chi connectivity index (χ3v) is 6.77. The summed E-state index contributed by atoms with van der Waals surface area (Å²) in [5.74, 6) is -0.824. The lowest BCUT2D eigenvalue weighted by Gasteiger charge is -2.35. The Balaban J connectivity index is 1.57. The first-order valence-corrected chi connectivity index (χ1v) is 11.7. The maximum atomic E-state index is 13.3. The largest absolute Gasteiger partial charge is 0.452 e. The van der Waals surface area contributed by atoms with Crippen LogP contribution in [0.4, 0.5) is 11.4 Å². The van der Waals surface area contributed by atoms with Crippen LogP contribution in [-0.4, -0.2) is 28.4 Å². The number of nitrogens with one attached hydrogen (secondary N) is 1. The first kappa shape index (κ1) is 24.6. The topological polar surface area (TPSA) is 111 Å². The van der Waals surface area contributed by atoms with Crippen molar-refractivity contribution >= 4 is 45.8 Å². The van der Waals surface area contributed by atoms with Crippen molar-refractivity contribution in [1.29, 1.82) is 0 Å². The summed E-state index contributed by atoms with van der Waals surface area (Å²) >= 11 is 5.81. The number of nitro benzene ring substituents is 1. The third-order valence-electron chi connectivity index (χ3n) is 6.45. The van der Waals surface area contributed by atoms with Crippen molar-refractivity contribution in [2.24, 2.45) is 11.3 Å². The summed E-state index contributed by atoms with van der Waals surface area (Å²) in [6, 6.07) is 11.3. The van der Waals surface area contributed by atoms with Crippen LogP contribution in [0, 0.1) is 21.4 Å². The third kappa shape index (κ3) is 5.27. The Morgan fingerprint density at radius 2 is 1.97 bits per heavy atom. The molecule has 4 rings (SSSR count). The summed E-state index contributed by atoms with van der Waals surface area (Å²) < 4.78 is 5.42. The van der Waals surface area contributed by atoms with Gasteiger partial charge in [0.05, 0.1) is 16.0 Å². The maximum Gasteiger partial charge on any atom is 0.339 e. The Bertz CT molecular complexity index is 1330. The van der Waals surface area contributed by atoms with E-state index in [2.05, 4.69) is 26.1 Å². The number of fused-ring (bicyclic) bond motifs is 2. The standard InChI is InChI=1S/C26H26ClN3O5/c1-26(2,3)15-8-11-21-18(12-15)24(17-6-4-5-7-20(17)29-21)25(32)35-14-23(31)28-16-9-10-19(27)22(13-16)30(33)34/h4-7,9-10,13,15H,8,11-12,14H2,1-3H3,(H,28,31). The van der Waals surface area contributed by atoms with Crippen LogP contribution < -0.4 is 5.32 Å². The van der Waals surface area contributed by atoms with Gasteiger partial charge >= 0.3 is 5.97 Å². The average molecular weight is 496 g/mol. The fourth-order valence-electron chi connectivity index (χ4n) is 4.49. The molecule has 35 heavy (non-hydrogen) atoms. The normalized spacial score (nSPS) is 15.4. The molecule has 1 unspecified atom stereocenters. The number of hydrogen-bond donors (Lipinski definition) is 1. The molecule has 1 aliphatic carbocycles. The predicted octanol–water partition coefficient (Wildman–Crippen LogP) is 5.74. The average Bonchev–Trinajstić information content (AvgIpc) is 2.81. The van der Waals surface area contributed by atoms with Crippen LogP contribution in [0.3, 0.4) is 0 Å². The number of amides is 1. The van der Waals surface area contributed by atoms with Crippen molar-refractivity contribution in [3.63, 3.8) is 0 Å². The van der Waals surface area contributed by atoms with Crippen LogP contribution in [0.25, 0.3) is 10.9 Å². The lowest BCUT2D eigenvalue weighted by molar-refractivity contribution is -0.384. The van der Waals surface area contributed by atoms with Crippen molar-refractivity contribution in [1.82, 2.24) is 4.98 Å². The van der Waals surface area contributed by atoms with Gasteiger partial charge < -0.3 is 10.1 Å². The van der Waals surface area contributed by atoms with Crippen LogP contribution >= 0.6 is 11.6 Å². The number of para-hydroxylation sites is 1. The van der Waals surface area contributed by atoms with Crippen LogP contribution in [0.2, 0.25) is 5.02 Å². The second-order valence-electron chi connectivity index (χ2n) is 9.78. The monoisotopic (exact) mass is 495 g/mol. The molecule has 0 saturated carbocycles. The molecule has 182 valence electrons. The molecule has 0 aliphatic heterocycles. The number of nitro groups is 1. The highest BCUT2D eigenvalue weighted by atomic mass is 35.5. The van der Waals surface area contributed by atoms with Gasteiger partial charge in [-0.2, -0.15) is 0 Å². The molecule has 1 atom stereocenters. The van der Waals surface area contributed by atoms with E-state index in [4.69, 9.17) is 21.3 Å². The van der Waals surface area contributed by atoms with Gasteiger partial charge in [-0.1, -0.05) is 50.6 Å². The number of esters is 1. The van der Waals surface area contributed by atoms with E-state index < -0.39 is 23.4 Å². The molecule has 0 saturated heterocycles. The second-order valence-corrected chi connectivity index (χ2v) is 10.2. The quantitative estimate of drug-likeness (QED) is 0.274. The molecular weight excluding hydrogens is 470 g/mol. The van der Waals surface area contributed by atoms with Crippen LogP contribution in [-0.2, 0) is 22.4 Å². The summed E-state index contributed by atoms with van der Waals surface area (Å²) in [6.07, 6.45) is 2.48. The summed E-state index contributed by atoms with van der Waals surface area (Å²) in [4.78, 5) is 41.0. The highest BCUT2D eigenvalue weighted by Crippen LogP contribution is 2.39. The molecule has 0 radical (unpaired) electrons. The SMILES string of the molecule is CC(C)(C)C1CCc2nc3ccccc3c(C(=O)OCC(=O)Nc3ccc(Cl)c([N+](=O)[O-])c3)c2C1. The Morgan fingerprint density at radius 1 is 1.23 bits per heavy atom. The summed E-state index contributed by atoms with van der Waals surface area (Å²) in [6.45, 7) is 6.05. The van der Waals surface area contributed by atoms with E-state index in [1.807, 2.05) is 24.3 Å². The molecule has 1 aromatic heterocycles. The number of rotatable bonds is 5. The molecule has 0 fully saturated rings. The minimum absolute atomic E-state index is 0.0395. The van der Waals surface area contributed by atoms with Gasteiger partial charge in [0.2, 0.25) is 0 Å². The van der Waals surface area contributed by atoms with Gasteiger partial charge in [0.25, 0.3) is 11.6 Å². The number of nitrogens with zero attached hydrogens (tertiary/aromatic N) is 2. The molecule has 0 bridgehead atoms. The van der Waals surface area contributed by atoms with Crippen molar-refractivity contribution in [2.45, 2.75) is 40.0 Å². The van der Waals surface area contributed by atoms with E-state index in [0.29, 0.717) is 28.8 Å². The number of carbonyl (C=O) groups excluding carboxylic acids is 2. The highest BCUT2D eigenvalue weighted by molar-refractivity contribution is 6.32. The fourth-order valence-corrected chi connectivity index (χ4v) is 4.68. The number of carbonyl (C=O) groups is 2. The molecule has 1 heterocycles. The predicted molar refractivity (Wildman–Crippen MR) is 134 cm³/mol.